The van der Waals surface area contributed by atoms with E-state index < -0.39 is 11.8 Å². The third-order valence-corrected chi connectivity index (χ3v) is 4.92. The molecule has 1 atom stereocenters. The zero-order chi connectivity index (χ0) is 19.0. The Labute approximate surface area is 154 Å². The summed E-state index contributed by atoms with van der Waals surface area (Å²) in [4.78, 5) is 31.2. The van der Waals surface area contributed by atoms with Gasteiger partial charge in [-0.05, 0) is 25.3 Å². The number of pyridine rings is 1. The van der Waals surface area contributed by atoms with Crippen molar-refractivity contribution < 1.29 is 9.59 Å². The molecule has 0 aromatic carbocycles. The number of piperidine rings is 1. The summed E-state index contributed by atoms with van der Waals surface area (Å²) in [7, 11) is 1.84. The monoisotopic (exact) mass is 368 g/mol. The summed E-state index contributed by atoms with van der Waals surface area (Å²) in [5.41, 5.74) is 7.61. The second kappa shape index (κ2) is 6.71. The summed E-state index contributed by atoms with van der Waals surface area (Å²) >= 11 is 0. The fourth-order valence-electron chi connectivity index (χ4n) is 3.55. The Morgan fingerprint density at radius 3 is 2.96 bits per heavy atom. The van der Waals surface area contributed by atoms with E-state index >= 15 is 0 Å². The lowest BCUT2D eigenvalue weighted by molar-refractivity contribution is -0.146. The summed E-state index contributed by atoms with van der Waals surface area (Å²) < 4.78 is 1.74. The molecule has 4 N–H and O–H groups in total. The van der Waals surface area contributed by atoms with Crippen molar-refractivity contribution in [3.63, 3.8) is 0 Å². The molecule has 1 saturated heterocycles. The standard InChI is InChI=1S/C17H20N8O2/c1-24-12(5-6-21-24)13-4-2-3-7-25(13)17(27)16(26)22-11-9-19-15(18)10-8-20-23-14(10)11/h5-6,8-9,13H,2-4,7H2,1H3,(H2,18,19)(H,20,23)(H,22,26)/t13-/m0/s1. The van der Waals surface area contributed by atoms with Gasteiger partial charge in [0.15, 0.2) is 0 Å². The molecular formula is C17H20N8O2. The number of nitrogens with one attached hydrogen (secondary N) is 2. The second-order valence-electron chi connectivity index (χ2n) is 6.56. The first-order valence-electron chi connectivity index (χ1n) is 8.73. The van der Waals surface area contributed by atoms with Crippen LogP contribution in [0.3, 0.4) is 0 Å². The number of nitrogen functional groups attached to an aromatic ring is 1. The predicted molar refractivity (Wildman–Crippen MR) is 98.4 cm³/mol. The van der Waals surface area contributed by atoms with Crippen LogP contribution in [0.5, 0.6) is 0 Å². The number of fused-ring (bicyclic) bond motifs is 1. The van der Waals surface area contributed by atoms with Crippen molar-refractivity contribution in [2.75, 3.05) is 17.6 Å². The highest BCUT2D eigenvalue weighted by atomic mass is 16.2. The van der Waals surface area contributed by atoms with Crippen molar-refractivity contribution >= 4 is 34.2 Å². The number of amides is 2. The van der Waals surface area contributed by atoms with Crippen LogP contribution in [-0.4, -0.2) is 48.2 Å². The minimum Gasteiger partial charge on any atom is -0.383 e. The minimum absolute atomic E-state index is 0.166. The summed E-state index contributed by atoms with van der Waals surface area (Å²) in [6.07, 6.45) is 7.29. The molecule has 3 aromatic heterocycles. The number of aromatic amines is 1. The smallest absolute Gasteiger partial charge is 0.314 e. The predicted octanol–water partition coefficient (Wildman–Crippen LogP) is 0.966. The van der Waals surface area contributed by atoms with E-state index in [1.165, 1.54) is 12.4 Å². The molecule has 27 heavy (non-hydrogen) atoms. The zero-order valence-electron chi connectivity index (χ0n) is 14.8. The van der Waals surface area contributed by atoms with Gasteiger partial charge in [0.05, 0.1) is 40.7 Å². The number of hydrogen-bond donors (Lipinski definition) is 3. The van der Waals surface area contributed by atoms with E-state index in [1.54, 1.807) is 15.8 Å². The van der Waals surface area contributed by atoms with Gasteiger partial charge in [0.2, 0.25) is 0 Å². The van der Waals surface area contributed by atoms with Crippen LogP contribution < -0.4 is 11.1 Å². The van der Waals surface area contributed by atoms with Gasteiger partial charge < -0.3 is 16.0 Å². The number of likely N-dealkylation sites (tertiary alicyclic amines) is 1. The maximum atomic E-state index is 12.9. The topological polar surface area (TPSA) is 135 Å². The quantitative estimate of drug-likeness (QED) is 0.577. The van der Waals surface area contributed by atoms with E-state index in [9.17, 15) is 9.59 Å². The molecule has 10 nitrogen and oxygen atoms in total. The lowest BCUT2D eigenvalue weighted by Crippen LogP contribution is -2.44. The van der Waals surface area contributed by atoms with Crippen LogP contribution in [0.2, 0.25) is 0 Å². The Balaban J connectivity index is 1.57. The number of H-pyrrole nitrogens is 1. The van der Waals surface area contributed by atoms with Gasteiger partial charge in [0.1, 0.15) is 5.82 Å². The zero-order valence-corrected chi connectivity index (χ0v) is 14.8. The normalized spacial score (nSPS) is 17.2. The first-order chi connectivity index (χ1) is 13.1. The number of aromatic nitrogens is 5. The van der Waals surface area contributed by atoms with E-state index in [1.807, 2.05) is 13.1 Å². The number of rotatable bonds is 2. The van der Waals surface area contributed by atoms with E-state index in [0.717, 1.165) is 25.0 Å². The number of carbonyl (C=O) groups is 2. The van der Waals surface area contributed by atoms with E-state index in [2.05, 4.69) is 25.6 Å². The van der Waals surface area contributed by atoms with E-state index in [4.69, 9.17) is 5.73 Å². The van der Waals surface area contributed by atoms with E-state index in [-0.39, 0.29) is 6.04 Å². The number of aryl methyl sites for hydroxylation is 1. The first kappa shape index (κ1) is 17.0. The molecule has 0 aliphatic carbocycles. The molecule has 0 spiro atoms. The van der Waals surface area contributed by atoms with Crippen LogP contribution in [0.4, 0.5) is 11.5 Å². The number of carbonyl (C=O) groups excluding carboxylic acids is 2. The summed E-state index contributed by atoms with van der Waals surface area (Å²) in [5, 5.41) is 14.1. The molecule has 0 radical (unpaired) electrons. The highest BCUT2D eigenvalue weighted by Gasteiger charge is 2.33. The lowest BCUT2D eigenvalue weighted by Gasteiger charge is -2.35. The fourth-order valence-corrected chi connectivity index (χ4v) is 3.55. The number of hydrogen-bond acceptors (Lipinski definition) is 6. The van der Waals surface area contributed by atoms with Gasteiger partial charge in [-0.15, -0.1) is 0 Å². The number of anilines is 2. The maximum absolute atomic E-state index is 12.9. The molecule has 1 aliphatic rings. The Hall–Kier alpha value is -3.43. The highest BCUT2D eigenvalue weighted by Crippen LogP contribution is 2.31. The minimum atomic E-state index is -0.716. The summed E-state index contributed by atoms with van der Waals surface area (Å²) in [6, 6.07) is 1.72. The van der Waals surface area contributed by atoms with Crippen LogP contribution >= 0.6 is 0 Å². The molecule has 0 bridgehead atoms. The Kier molecular flexibility index (Phi) is 4.22. The Morgan fingerprint density at radius 2 is 2.19 bits per heavy atom. The van der Waals surface area contributed by atoms with Gasteiger partial charge in [-0.3, -0.25) is 19.4 Å². The van der Waals surface area contributed by atoms with Crippen LogP contribution in [0, 0.1) is 0 Å². The van der Waals surface area contributed by atoms with Gasteiger partial charge in [0, 0.05) is 19.8 Å². The molecule has 1 aliphatic heterocycles. The van der Waals surface area contributed by atoms with Crippen molar-refractivity contribution in [2.45, 2.75) is 25.3 Å². The van der Waals surface area contributed by atoms with Gasteiger partial charge in [-0.1, -0.05) is 0 Å². The van der Waals surface area contributed by atoms with Gasteiger partial charge in [-0.25, -0.2) is 4.98 Å². The third kappa shape index (κ3) is 2.98. The maximum Gasteiger partial charge on any atom is 0.314 e. The van der Waals surface area contributed by atoms with Gasteiger partial charge in [0.25, 0.3) is 0 Å². The Morgan fingerprint density at radius 1 is 1.33 bits per heavy atom. The molecule has 1 fully saturated rings. The first-order valence-corrected chi connectivity index (χ1v) is 8.73. The molecule has 10 heteroatoms. The molecule has 140 valence electrons. The van der Waals surface area contributed by atoms with Crippen LogP contribution in [-0.2, 0) is 16.6 Å². The molecular weight excluding hydrogens is 348 g/mol. The third-order valence-electron chi connectivity index (χ3n) is 4.92. The number of nitrogens with two attached hydrogens (primary N) is 1. The average molecular weight is 368 g/mol. The molecule has 0 saturated carbocycles. The van der Waals surface area contributed by atoms with Crippen LogP contribution in [0.1, 0.15) is 31.0 Å². The molecule has 3 aromatic rings. The second-order valence-corrected chi connectivity index (χ2v) is 6.56. The summed E-state index contributed by atoms with van der Waals surface area (Å²) in [5.74, 6) is -0.993. The van der Waals surface area contributed by atoms with E-state index in [0.29, 0.717) is 29.0 Å². The van der Waals surface area contributed by atoms with Crippen LogP contribution in [0.15, 0.2) is 24.7 Å². The highest BCUT2D eigenvalue weighted by molar-refractivity contribution is 6.40. The SMILES string of the molecule is Cn1nccc1[C@@H]1CCCCN1C(=O)C(=O)Nc1cnc(N)c2cn[nH]c12. The molecule has 2 amide bonds. The summed E-state index contributed by atoms with van der Waals surface area (Å²) in [6.45, 7) is 0.529. The van der Waals surface area contributed by atoms with Crippen molar-refractivity contribution in [1.82, 2.24) is 29.9 Å². The molecule has 0 unspecified atom stereocenters. The van der Waals surface area contributed by atoms with Crippen molar-refractivity contribution in [3.05, 3.63) is 30.4 Å². The molecule has 4 heterocycles. The van der Waals surface area contributed by atoms with Crippen molar-refractivity contribution in [1.29, 1.82) is 0 Å². The lowest BCUT2D eigenvalue weighted by atomic mass is 9.99. The van der Waals surface area contributed by atoms with Gasteiger partial charge in [-0.2, -0.15) is 10.2 Å². The Bertz CT molecular complexity index is 1010. The fraction of sp³-hybridized carbons (Fsp3) is 0.353. The van der Waals surface area contributed by atoms with Crippen LogP contribution in [0.25, 0.3) is 10.9 Å². The van der Waals surface area contributed by atoms with Gasteiger partial charge >= 0.3 is 11.8 Å². The number of nitrogens with zero attached hydrogens (tertiary/aromatic N) is 5. The molecule has 4 rings (SSSR count). The largest absolute Gasteiger partial charge is 0.383 e. The van der Waals surface area contributed by atoms with Crippen molar-refractivity contribution in [3.8, 4) is 0 Å². The average Bonchev–Trinajstić information content (AvgIpc) is 3.33. The van der Waals surface area contributed by atoms with Crippen molar-refractivity contribution in [2.24, 2.45) is 7.05 Å².